The Morgan fingerprint density at radius 2 is 1.86 bits per heavy atom. The highest BCUT2D eigenvalue weighted by Gasteiger charge is 2.34. The molecule has 4 nitrogen and oxygen atoms in total. The number of anilines is 1. The highest BCUT2D eigenvalue weighted by Crippen LogP contribution is 2.32. The molecule has 0 fully saturated rings. The molecule has 112 valence electrons. The Bertz CT molecular complexity index is 647. The van der Waals surface area contributed by atoms with Crippen LogP contribution in [-0.2, 0) is 6.18 Å². The molecule has 0 N–H and O–H groups in total. The van der Waals surface area contributed by atoms with Crippen LogP contribution in [0, 0.1) is 0 Å². The molecule has 0 radical (unpaired) electrons. The van der Waals surface area contributed by atoms with Crippen molar-refractivity contribution in [2.24, 2.45) is 0 Å². The van der Waals surface area contributed by atoms with Crippen LogP contribution >= 0.6 is 11.6 Å². The van der Waals surface area contributed by atoms with Crippen LogP contribution in [0.25, 0.3) is 0 Å². The van der Waals surface area contributed by atoms with E-state index >= 15 is 0 Å². The molecular formula is C13H11ClF3N3O. The lowest BCUT2D eigenvalue weighted by molar-refractivity contribution is -0.141. The van der Waals surface area contributed by atoms with Crippen LogP contribution in [0.15, 0.2) is 30.3 Å². The number of aromatic nitrogens is 2. The quantitative estimate of drug-likeness (QED) is 0.802. The van der Waals surface area contributed by atoms with E-state index in [1.54, 1.807) is 18.2 Å². The van der Waals surface area contributed by atoms with Crippen molar-refractivity contribution in [3.8, 4) is 11.6 Å². The first-order chi connectivity index (χ1) is 9.75. The average Bonchev–Trinajstić information content (AvgIpc) is 2.37. The molecule has 8 heteroatoms. The van der Waals surface area contributed by atoms with E-state index in [0.717, 1.165) is 5.69 Å². The van der Waals surface area contributed by atoms with Gasteiger partial charge in [-0.25, -0.2) is 4.98 Å². The molecule has 0 bridgehead atoms. The number of ether oxygens (including phenoxy) is 1. The summed E-state index contributed by atoms with van der Waals surface area (Å²) in [6.07, 6.45) is -4.61. The zero-order chi connectivity index (χ0) is 15.6. The number of nitrogens with zero attached hydrogens (tertiary/aromatic N) is 3. The smallest absolute Gasteiger partial charge is 0.433 e. The van der Waals surface area contributed by atoms with Crippen molar-refractivity contribution >= 4 is 17.3 Å². The Morgan fingerprint density at radius 1 is 1.14 bits per heavy atom. The van der Waals surface area contributed by atoms with Gasteiger partial charge in [-0.3, -0.25) is 0 Å². The summed E-state index contributed by atoms with van der Waals surface area (Å²) in [4.78, 5) is 8.60. The van der Waals surface area contributed by atoms with Crippen molar-refractivity contribution in [3.63, 3.8) is 0 Å². The van der Waals surface area contributed by atoms with Crippen molar-refractivity contribution in [1.82, 2.24) is 9.97 Å². The maximum Gasteiger partial charge on any atom is 0.433 e. The molecule has 1 aromatic heterocycles. The first-order valence-corrected chi connectivity index (χ1v) is 6.20. The van der Waals surface area contributed by atoms with Gasteiger partial charge < -0.3 is 9.64 Å². The number of benzene rings is 1. The van der Waals surface area contributed by atoms with E-state index in [1.807, 2.05) is 25.1 Å². The lowest BCUT2D eigenvalue weighted by atomic mass is 10.3. The second kappa shape index (κ2) is 5.77. The van der Waals surface area contributed by atoms with Gasteiger partial charge in [0.05, 0.1) is 0 Å². The van der Waals surface area contributed by atoms with Crippen LogP contribution in [0.1, 0.15) is 5.69 Å². The third-order valence-electron chi connectivity index (χ3n) is 2.52. The molecule has 0 aliphatic heterocycles. The Balaban J connectivity index is 2.31. The summed E-state index contributed by atoms with van der Waals surface area (Å²) in [5.41, 5.74) is -0.315. The molecule has 2 aromatic rings. The fraction of sp³-hybridized carbons (Fsp3) is 0.231. The lowest BCUT2D eigenvalue weighted by Crippen LogP contribution is -2.09. The number of rotatable bonds is 3. The summed E-state index contributed by atoms with van der Waals surface area (Å²) in [7, 11) is 3.67. The maximum absolute atomic E-state index is 12.6. The van der Waals surface area contributed by atoms with Gasteiger partial charge in [0.25, 0.3) is 0 Å². The van der Waals surface area contributed by atoms with Gasteiger partial charge in [-0.15, -0.1) is 0 Å². The minimum atomic E-state index is -4.61. The van der Waals surface area contributed by atoms with Crippen LogP contribution in [0.5, 0.6) is 11.6 Å². The molecule has 0 aliphatic rings. The molecular weight excluding hydrogens is 307 g/mol. The number of halogens is 4. The summed E-state index contributed by atoms with van der Waals surface area (Å²) in [6.45, 7) is 0. The fourth-order valence-corrected chi connectivity index (χ4v) is 1.71. The van der Waals surface area contributed by atoms with Crippen molar-refractivity contribution in [1.29, 1.82) is 0 Å². The van der Waals surface area contributed by atoms with Gasteiger partial charge in [-0.1, -0.05) is 6.07 Å². The molecule has 0 saturated carbocycles. The predicted molar refractivity (Wildman–Crippen MR) is 72.9 cm³/mol. The second-order valence-electron chi connectivity index (χ2n) is 4.35. The van der Waals surface area contributed by atoms with E-state index in [-0.39, 0.29) is 5.88 Å². The van der Waals surface area contributed by atoms with Gasteiger partial charge in [0, 0.05) is 31.9 Å². The minimum absolute atomic E-state index is 0.266. The molecule has 1 heterocycles. The largest absolute Gasteiger partial charge is 0.439 e. The van der Waals surface area contributed by atoms with Crippen molar-refractivity contribution < 1.29 is 17.9 Å². The SMILES string of the molecule is CN(C)c1cccc(Oc2cc(C(F)(F)F)nc(Cl)n2)c1. The van der Waals surface area contributed by atoms with Crippen molar-refractivity contribution in [2.75, 3.05) is 19.0 Å². The second-order valence-corrected chi connectivity index (χ2v) is 4.69. The van der Waals surface area contributed by atoms with Crippen LogP contribution in [0.2, 0.25) is 5.28 Å². The Hall–Kier alpha value is -2.02. The third kappa shape index (κ3) is 3.98. The summed E-state index contributed by atoms with van der Waals surface area (Å²) >= 11 is 5.49. The van der Waals surface area contributed by atoms with E-state index in [9.17, 15) is 13.2 Å². The van der Waals surface area contributed by atoms with Gasteiger partial charge in [-0.2, -0.15) is 18.2 Å². The van der Waals surface area contributed by atoms with E-state index < -0.39 is 17.2 Å². The van der Waals surface area contributed by atoms with Crippen molar-refractivity contribution in [3.05, 3.63) is 41.3 Å². The summed E-state index contributed by atoms with van der Waals surface area (Å²) in [5, 5.41) is -0.524. The molecule has 2 rings (SSSR count). The third-order valence-corrected chi connectivity index (χ3v) is 2.69. The number of hydrogen-bond donors (Lipinski definition) is 0. The van der Waals surface area contributed by atoms with Gasteiger partial charge >= 0.3 is 6.18 Å². The fourth-order valence-electron chi connectivity index (χ4n) is 1.54. The van der Waals surface area contributed by atoms with Gasteiger partial charge in [0.1, 0.15) is 5.75 Å². The van der Waals surface area contributed by atoms with Gasteiger partial charge in [-0.05, 0) is 23.7 Å². The Labute approximate surface area is 124 Å². The standard InChI is InChI=1S/C13H11ClF3N3O/c1-20(2)8-4-3-5-9(6-8)21-11-7-10(13(15,16)17)18-12(14)19-11/h3-7H,1-2H3. The Morgan fingerprint density at radius 3 is 2.48 bits per heavy atom. The maximum atomic E-state index is 12.6. The molecule has 1 aromatic carbocycles. The lowest BCUT2D eigenvalue weighted by Gasteiger charge is -2.14. The number of hydrogen-bond acceptors (Lipinski definition) is 4. The van der Waals surface area contributed by atoms with E-state index in [1.165, 1.54) is 0 Å². The first-order valence-electron chi connectivity index (χ1n) is 5.83. The summed E-state index contributed by atoms with van der Waals surface area (Å²) in [5.74, 6) is 0.0855. The molecule has 0 spiro atoms. The van der Waals surface area contributed by atoms with E-state index in [2.05, 4.69) is 9.97 Å². The zero-order valence-corrected chi connectivity index (χ0v) is 11.9. The number of alkyl halides is 3. The highest BCUT2D eigenvalue weighted by molar-refractivity contribution is 6.28. The average molecular weight is 318 g/mol. The minimum Gasteiger partial charge on any atom is -0.439 e. The first kappa shape index (κ1) is 15.4. The summed E-state index contributed by atoms with van der Waals surface area (Å²) in [6, 6.07) is 7.53. The molecule has 0 atom stereocenters. The van der Waals surface area contributed by atoms with Crippen LogP contribution in [-0.4, -0.2) is 24.1 Å². The van der Waals surface area contributed by atoms with Crippen molar-refractivity contribution in [2.45, 2.75) is 6.18 Å². The van der Waals surface area contributed by atoms with Gasteiger partial charge in [0.2, 0.25) is 11.2 Å². The van der Waals surface area contributed by atoms with E-state index in [0.29, 0.717) is 11.8 Å². The molecule has 0 amide bonds. The van der Waals surface area contributed by atoms with Crippen LogP contribution in [0.4, 0.5) is 18.9 Å². The molecule has 0 saturated heterocycles. The van der Waals surface area contributed by atoms with E-state index in [4.69, 9.17) is 16.3 Å². The zero-order valence-electron chi connectivity index (χ0n) is 11.1. The van der Waals surface area contributed by atoms with Crippen LogP contribution < -0.4 is 9.64 Å². The monoisotopic (exact) mass is 317 g/mol. The predicted octanol–water partition coefficient (Wildman–Crippen LogP) is 4.01. The highest BCUT2D eigenvalue weighted by atomic mass is 35.5. The topological polar surface area (TPSA) is 38.2 Å². The molecule has 0 aliphatic carbocycles. The normalized spacial score (nSPS) is 11.3. The summed E-state index contributed by atoms with van der Waals surface area (Å²) < 4.78 is 43.3. The Kier molecular flexibility index (Phi) is 4.22. The molecule has 0 unspecified atom stereocenters. The molecule has 21 heavy (non-hydrogen) atoms. The van der Waals surface area contributed by atoms with Crippen LogP contribution in [0.3, 0.4) is 0 Å². The van der Waals surface area contributed by atoms with Gasteiger partial charge in [0.15, 0.2) is 5.69 Å².